The van der Waals surface area contributed by atoms with Crippen molar-refractivity contribution in [3.8, 4) is 5.88 Å². The second kappa shape index (κ2) is 4.44. The third kappa shape index (κ3) is 2.46. The predicted molar refractivity (Wildman–Crippen MR) is 56.8 cm³/mol. The summed E-state index contributed by atoms with van der Waals surface area (Å²) in [5.41, 5.74) is 10.9. The zero-order chi connectivity index (χ0) is 11.5. The van der Waals surface area contributed by atoms with Gasteiger partial charge >= 0.3 is 0 Å². The number of carbonyl (C=O) groups excluding carboxylic acids is 1. The highest BCUT2D eigenvalue weighted by Gasteiger charge is 2.23. The minimum atomic E-state index is -0.595. The van der Waals surface area contributed by atoms with Crippen LogP contribution < -0.4 is 16.2 Å². The molecular formula is C10H14N4O2. The molecule has 2 rings (SSSR count). The van der Waals surface area contributed by atoms with Gasteiger partial charge in [0, 0.05) is 12.1 Å². The highest BCUT2D eigenvalue weighted by atomic mass is 16.5. The van der Waals surface area contributed by atoms with Gasteiger partial charge in [-0.05, 0) is 25.3 Å². The van der Waals surface area contributed by atoms with Crippen molar-refractivity contribution in [1.29, 1.82) is 0 Å². The largest absolute Gasteiger partial charge is 0.473 e. The van der Waals surface area contributed by atoms with Gasteiger partial charge in [0.2, 0.25) is 5.88 Å². The van der Waals surface area contributed by atoms with Crippen LogP contribution in [0.15, 0.2) is 12.1 Å². The van der Waals surface area contributed by atoms with E-state index in [0.717, 1.165) is 19.3 Å². The van der Waals surface area contributed by atoms with Crippen LogP contribution in [0.3, 0.4) is 0 Å². The summed E-state index contributed by atoms with van der Waals surface area (Å²) in [6.45, 7) is 0. The van der Waals surface area contributed by atoms with E-state index in [1.54, 1.807) is 6.07 Å². The Kier molecular flexibility index (Phi) is 3.00. The van der Waals surface area contributed by atoms with E-state index in [4.69, 9.17) is 16.2 Å². The molecule has 0 saturated heterocycles. The van der Waals surface area contributed by atoms with Crippen molar-refractivity contribution in [2.75, 3.05) is 0 Å². The minimum absolute atomic E-state index is 0.101. The first-order valence-corrected chi connectivity index (χ1v) is 5.21. The molecule has 4 N–H and O–H groups in total. The van der Waals surface area contributed by atoms with Crippen molar-refractivity contribution >= 4 is 5.91 Å². The molecule has 1 fully saturated rings. The lowest BCUT2D eigenvalue weighted by Crippen LogP contribution is -2.20. The second-order valence-corrected chi connectivity index (χ2v) is 3.93. The SMILES string of the molecule is NC(=O)c1ccc(OC2CCC(N)C2)nn1. The van der Waals surface area contributed by atoms with Gasteiger partial charge in [0.05, 0.1) is 0 Å². The summed E-state index contributed by atoms with van der Waals surface area (Å²) in [5.74, 6) is -0.189. The third-order valence-corrected chi connectivity index (χ3v) is 2.61. The Hall–Kier alpha value is -1.69. The van der Waals surface area contributed by atoms with E-state index in [1.165, 1.54) is 6.07 Å². The molecule has 1 heterocycles. The number of nitrogens with two attached hydrogens (primary N) is 2. The van der Waals surface area contributed by atoms with Crippen molar-refractivity contribution in [2.45, 2.75) is 31.4 Å². The van der Waals surface area contributed by atoms with E-state index in [9.17, 15) is 4.79 Å². The van der Waals surface area contributed by atoms with Gasteiger partial charge in [-0.25, -0.2) is 0 Å². The summed E-state index contributed by atoms with van der Waals surface area (Å²) >= 11 is 0. The van der Waals surface area contributed by atoms with Crippen LogP contribution in [0.5, 0.6) is 5.88 Å². The standard InChI is InChI=1S/C10H14N4O2/c11-6-1-2-7(5-6)16-9-4-3-8(10(12)15)13-14-9/h3-4,6-7H,1-2,5,11H2,(H2,12,15). The Morgan fingerprint density at radius 2 is 2.19 bits per heavy atom. The lowest BCUT2D eigenvalue weighted by molar-refractivity contribution is 0.0994. The zero-order valence-corrected chi connectivity index (χ0v) is 8.80. The minimum Gasteiger partial charge on any atom is -0.473 e. The number of primary amides is 1. The van der Waals surface area contributed by atoms with E-state index >= 15 is 0 Å². The van der Waals surface area contributed by atoms with Gasteiger partial charge in [-0.1, -0.05) is 0 Å². The molecule has 86 valence electrons. The molecule has 0 radical (unpaired) electrons. The van der Waals surface area contributed by atoms with Gasteiger partial charge in [0.15, 0.2) is 5.69 Å². The molecule has 1 aliphatic rings. The Bertz CT molecular complexity index is 379. The second-order valence-electron chi connectivity index (χ2n) is 3.93. The molecule has 1 saturated carbocycles. The lowest BCUT2D eigenvalue weighted by atomic mass is 10.3. The molecule has 0 aliphatic heterocycles. The van der Waals surface area contributed by atoms with E-state index in [2.05, 4.69) is 10.2 Å². The lowest BCUT2D eigenvalue weighted by Gasteiger charge is -2.11. The van der Waals surface area contributed by atoms with Gasteiger partial charge in [-0.15, -0.1) is 10.2 Å². The smallest absolute Gasteiger partial charge is 0.269 e. The number of amides is 1. The topological polar surface area (TPSA) is 104 Å². The summed E-state index contributed by atoms with van der Waals surface area (Å²) in [6, 6.07) is 3.30. The number of hydrogen-bond acceptors (Lipinski definition) is 5. The van der Waals surface area contributed by atoms with Gasteiger partial charge in [-0.3, -0.25) is 4.79 Å². The summed E-state index contributed by atoms with van der Waals surface area (Å²) < 4.78 is 5.57. The van der Waals surface area contributed by atoms with Crippen molar-refractivity contribution in [2.24, 2.45) is 11.5 Å². The van der Waals surface area contributed by atoms with Crippen LogP contribution in [-0.2, 0) is 0 Å². The Labute approximate surface area is 93.0 Å². The number of hydrogen-bond donors (Lipinski definition) is 2. The fourth-order valence-corrected chi connectivity index (χ4v) is 1.77. The average molecular weight is 222 g/mol. The normalized spacial score (nSPS) is 24.3. The Morgan fingerprint density at radius 1 is 1.38 bits per heavy atom. The predicted octanol–water partition coefficient (Wildman–Crippen LogP) is -0.166. The molecule has 1 aromatic heterocycles. The first kappa shape index (κ1) is 10.8. The van der Waals surface area contributed by atoms with Gasteiger partial charge in [-0.2, -0.15) is 0 Å². The molecule has 0 bridgehead atoms. The number of rotatable bonds is 3. The fraction of sp³-hybridized carbons (Fsp3) is 0.500. The molecule has 6 nitrogen and oxygen atoms in total. The molecule has 6 heteroatoms. The molecular weight excluding hydrogens is 208 g/mol. The van der Waals surface area contributed by atoms with Gasteiger partial charge in [0.1, 0.15) is 6.10 Å². The van der Waals surface area contributed by atoms with Crippen LogP contribution in [0, 0.1) is 0 Å². The fourth-order valence-electron chi connectivity index (χ4n) is 1.77. The van der Waals surface area contributed by atoms with Crippen LogP contribution in [0.25, 0.3) is 0 Å². The summed E-state index contributed by atoms with van der Waals surface area (Å²) in [6.07, 6.45) is 2.83. The van der Waals surface area contributed by atoms with Gasteiger partial charge in [0.25, 0.3) is 5.91 Å². The number of aromatic nitrogens is 2. The van der Waals surface area contributed by atoms with E-state index in [0.29, 0.717) is 5.88 Å². The van der Waals surface area contributed by atoms with Crippen molar-refractivity contribution in [3.63, 3.8) is 0 Å². The van der Waals surface area contributed by atoms with Crippen molar-refractivity contribution in [3.05, 3.63) is 17.8 Å². The molecule has 1 amide bonds. The first-order valence-electron chi connectivity index (χ1n) is 5.21. The molecule has 0 aromatic carbocycles. The number of nitrogens with zero attached hydrogens (tertiary/aromatic N) is 2. The maximum atomic E-state index is 10.8. The van der Waals surface area contributed by atoms with Gasteiger partial charge < -0.3 is 16.2 Å². The Morgan fingerprint density at radius 3 is 2.69 bits per heavy atom. The maximum absolute atomic E-state index is 10.8. The average Bonchev–Trinajstić information content (AvgIpc) is 2.65. The van der Waals surface area contributed by atoms with Crippen LogP contribution in [0.2, 0.25) is 0 Å². The molecule has 2 unspecified atom stereocenters. The highest BCUT2D eigenvalue weighted by molar-refractivity contribution is 5.90. The highest BCUT2D eigenvalue weighted by Crippen LogP contribution is 2.21. The third-order valence-electron chi connectivity index (χ3n) is 2.61. The number of ether oxygens (including phenoxy) is 1. The number of carbonyl (C=O) groups is 1. The molecule has 0 spiro atoms. The maximum Gasteiger partial charge on any atom is 0.269 e. The summed E-state index contributed by atoms with van der Waals surface area (Å²) in [5, 5.41) is 7.43. The molecule has 1 aromatic rings. The quantitative estimate of drug-likeness (QED) is 0.739. The summed E-state index contributed by atoms with van der Waals surface area (Å²) in [7, 11) is 0. The van der Waals surface area contributed by atoms with Crippen LogP contribution in [0.4, 0.5) is 0 Å². The monoisotopic (exact) mass is 222 g/mol. The van der Waals surface area contributed by atoms with E-state index in [-0.39, 0.29) is 17.8 Å². The van der Waals surface area contributed by atoms with Crippen molar-refractivity contribution < 1.29 is 9.53 Å². The van der Waals surface area contributed by atoms with E-state index in [1.807, 2.05) is 0 Å². The van der Waals surface area contributed by atoms with Crippen molar-refractivity contribution in [1.82, 2.24) is 10.2 Å². The zero-order valence-electron chi connectivity index (χ0n) is 8.80. The molecule has 2 atom stereocenters. The Balaban J connectivity index is 1.97. The van der Waals surface area contributed by atoms with Crippen LogP contribution in [0.1, 0.15) is 29.8 Å². The first-order chi connectivity index (χ1) is 7.65. The van der Waals surface area contributed by atoms with Crippen LogP contribution >= 0.6 is 0 Å². The van der Waals surface area contributed by atoms with E-state index < -0.39 is 5.91 Å². The molecule has 1 aliphatic carbocycles. The summed E-state index contributed by atoms with van der Waals surface area (Å²) in [4.78, 5) is 10.8. The molecule has 16 heavy (non-hydrogen) atoms. The van der Waals surface area contributed by atoms with Crippen LogP contribution in [-0.4, -0.2) is 28.3 Å².